The largest absolute Gasteiger partial charge is 0.381 e. The minimum atomic E-state index is -0.210. The molecule has 1 aromatic heterocycles. The van der Waals surface area contributed by atoms with E-state index in [-0.39, 0.29) is 5.82 Å². The number of benzene rings is 1. The fourth-order valence-corrected chi connectivity index (χ4v) is 3.10. The molecule has 1 saturated heterocycles. The fourth-order valence-electron chi connectivity index (χ4n) is 3.10. The molecule has 4 rings (SSSR count). The van der Waals surface area contributed by atoms with Gasteiger partial charge >= 0.3 is 0 Å². The molecular formula is C19H22FN3O. The Bertz CT molecular complexity index is 694. The van der Waals surface area contributed by atoms with Crippen LogP contribution >= 0.6 is 0 Å². The number of anilines is 1. The Hall–Kier alpha value is -2.01. The van der Waals surface area contributed by atoms with Crippen molar-refractivity contribution < 1.29 is 9.13 Å². The summed E-state index contributed by atoms with van der Waals surface area (Å²) < 4.78 is 18.5. The molecule has 0 bridgehead atoms. The van der Waals surface area contributed by atoms with Crippen LogP contribution < -0.4 is 5.32 Å². The molecule has 4 nitrogen and oxygen atoms in total. The van der Waals surface area contributed by atoms with E-state index in [4.69, 9.17) is 14.7 Å². The van der Waals surface area contributed by atoms with E-state index in [1.807, 2.05) is 0 Å². The summed E-state index contributed by atoms with van der Waals surface area (Å²) in [6, 6.07) is 8.64. The van der Waals surface area contributed by atoms with Crippen LogP contribution in [0.15, 0.2) is 30.3 Å². The van der Waals surface area contributed by atoms with Crippen molar-refractivity contribution in [2.24, 2.45) is 0 Å². The first-order valence-electron chi connectivity index (χ1n) is 8.73. The minimum absolute atomic E-state index is 0.210. The van der Waals surface area contributed by atoms with Crippen molar-refractivity contribution in [2.75, 3.05) is 18.5 Å². The summed E-state index contributed by atoms with van der Waals surface area (Å²) in [4.78, 5) is 9.52. The molecule has 1 aromatic carbocycles. The molecule has 0 atom stereocenters. The number of nitrogens with zero attached hydrogens (tertiary/aromatic N) is 2. The van der Waals surface area contributed by atoms with Crippen LogP contribution in [0.4, 0.5) is 10.2 Å². The third-order valence-electron chi connectivity index (χ3n) is 4.73. The molecule has 2 aromatic rings. The summed E-state index contributed by atoms with van der Waals surface area (Å²) in [6.45, 7) is 2.26. The van der Waals surface area contributed by atoms with E-state index >= 15 is 0 Å². The summed E-state index contributed by atoms with van der Waals surface area (Å²) >= 11 is 0. The Balaban J connectivity index is 1.52. The molecule has 1 aliphatic carbocycles. The summed E-state index contributed by atoms with van der Waals surface area (Å²) in [6.07, 6.45) is 4.43. The molecule has 0 unspecified atom stereocenters. The van der Waals surface area contributed by atoms with E-state index in [2.05, 4.69) is 11.4 Å². The predicted molar refractivity (Wildman–Crippen MR) is 90.5 cm³/mol. The van der Waals surface area contributed by atoms with Crippen LogP contribution in [0.3, 0.4) is 0 Å². The van der Waals surface area contributed by atoms with Gasteiger partial charge in [0.1, 0.15) is 17.5 Å². The average Bonchev–Trinajstić information content (AvgIpc) is 3.47. The predicted octanol–water partition coefficient (Wildman–Crippen LogP) is 4.00. The Morgan fingerprint density at radius 1 is 1.00 bits per heavy atom. The van der Waals surface area contributed by atoms with Gasteiger partial charge in [-0.25, -0.2) is 14.4 Å². The van der Waals surface area contributed by atoms with Crippen molar-refractivity contribution in [1.82, 2.24) is 9.97 Å². The van der Waals surface area contributed by atoms with Gasteiger partial charge in [0.15, 0.2) is 0 Å². The van der Waals surface area contributed by atoms with Gasteiger partial charge < -0.3 is 10.1 Å². The Labute approximate surface area is 141 Å². The van der Waals surface area contributed by atoms with Gasteiger partial charge in [-0.05, 0) is 43.4 Å². The van der Waals surface area contributed by atoms with E-state index in [0.29, 0.717) is 18.4 Å². The molecule has 0 amide bonds. The summed E-state index contributed by atoms with van der Waals surface area (Å²) in [5, 5.41) is 3.38. The van der Waals surface area contributed by atoms with E-state index < -0.39 is 0 Å². The van der Waals surface area contributed by atoms with Crippen LogP contribution in [0, 0.1) is 5.82 Å². The first-order chi connectivity index (χ1) is 11.8. The monoisotopic (exact) mass is 327 g/mol. The highest BCUT2D eigenvalue weighted by Crippen LogP contribution is 2.39. The lowest BCUT2D eigenvalue weighted by Crippen LogP contribution is -2.16. The van der Waals surface area contributed by atoms with E-state index in [0.717, 1.165) is 49.0 Å². The lowest BCUT2D eigenvalue weighted by molar-refractivity contribution is 0.0844. The average molecular weight is 327 g/mol. The maximum atomic E-state index is 13.0. The smallest absolute Gasteiger partial charge is 0.134 e. The van der Waals surface area contributed by atoms with Crippen LogP contribution in [0.25, 0.3) is 0 Å². The third-order valence-corrected chi connectivity index (χ3v) is 4.73. The second-order valence-corrected chi connectivity index (χ2v) is 6.68. The lowest BCUT2D eigenvalue weighted by atomic mass is 9.96. The molecule has 1 aliphatic heterocycles. The van der Waals surface area contributed by atoms with Crippen LogP contribution in [-0.2, 0) is 11.3 Å². The normalized spacial score (nSPS) is 18.5. The van der Waals surface area contributed by atoms with Crippen molar-refractivity contribution in [1.29, 1.82) is 0 Å². The van der Waals surface area contributed by atoms with Gasteiger partial charge in [0, 0.05) is 43.4 Å². The van der Waals surface area contributed by atoms with Crippen LogP contribution in [0.5, 0.6) is 0 Å². The second kappa shape index (κ2) is 6.85. The van der Waals surface area contributed by atoms with E-state index in [1.54, 1.807) is 12.1 Å². The molecule has 24 heavy (non-hydrogen) atoms. The Morgan fingerprint density at radius 3 is 2.46 bits per heavy atom. The first kappa shape index (κ1) is 15.5. The quantitative estimate of drug-likeness (QED) is 0.902. The van der Waals surface area contributed by atoms with Crippen molar-refractivity contribution in [3.63, 3.8) is 0 Å². The van der Waals surface area contributed by atoms with Gasteiger partial charge in [0.25, 0.3) is 0 Å². The highest BCUT2D eigenvalue weighted by molar-refractivity contribution is 5.39. The van der Waals surface area contributed by atoms with Crippen molar-refractivity contribution in [3.05, 3.63) is 53.2 Å². The Kier molecular flexibility index (Phi) is 4.43. The highest BCUT2D eigenvalue weighted by atomic mass is 19.1. The number of ether oxygens (including phenoxy) is 1. The number of nitrogens with one attached hydrogen (secondary N) is 1. The molecule has 2 aliphatic rings. The third kappa shape index (κ3) is 3.73. The van der Waals surface area contributed by atoms with Gasteiger partial charge in [-0.15, -0.1) is 0 Å². The molecule has 2 heterocycles. The molecule has 1 saturated carbocycles. The first-order valence-corrected chi connectivity index (χ1v) is 8.73. The van der Waals surface area contributed by atoms with E-state index in [1.165, 1.54) is 25.0 Å². The van der Waals surface area contributed by atoms with Crippen LogP contribution in [0.1, 0.15) is 54.6 Å². The molecule has 1 N–H and O–H groups in total. The molecule has 0 spiro atoms. The highest BCUT2D eigenvalue weighted by Gasteiger charge is 2.28. The number of hydrogen-bond donors (Lipinski definition) is 1. The summed E-state index contributed by atoms with van der Waals surface area (Å²) in [5.41, 5.74) is 2.17. The van der Waals surface area contributed by atoms with Gasteiger partial charge in [-0.3, -0.25) is 0 Å². The second-order valence-electron chi connectivity index (χ2n) is 6.68. The van der Waals surface area contributed by atoms with Gasteiger partial charge in [-0.1, -0.05) is 12.1 Å². The fraction of sp³-hybridized carbons (Fsp3) is 0.474. The number of aromatic nitrogens is 2. The standard InChI is InChI=1S/C19H22FN3O/c20-16-5-1-13(2-6-16)12-21-18-11-17(14-7-9-24-10-8-14)22-19(23-18)15-3-4-15/h1-2,5-6,11,14-15H,3-4,7-10,12H2,(H,21,22,23). The van der Waals surface area contributed by atoms with Gasteiger partial charge in [-0.2, -0.15) is 0 Å². The number of halogens is 1. The molecule has 0 radical (unpaired) electrons. The minimum Gasteiger partial charge on any atom is -0.381 e. The topological polar surface area (TPSA) is 47.0 Å². The zero-order valence-electron chi connectivity index (χ0n) is 13.7. The maximum Gasteiger partial charge on any atom is 0.134 e. The van der Waals surface area contributed by atoms with E-state index in [9.17, 15) is 4.39 Å². The molecule has 5 heteroatoms. The van der Waals surface area contributed by atoms with Crippen molar-refractivity contribution in [2.45, 2.75) is 44.1 Å². The summed E-state index contributed by atoms with van der Waals surface area (Å²) in [7, 11) is 0. The Morgan fingerprint density at radius 2 is 1.75 bits per heavy atom. The van der Waals surface area contributed by atoms with Crippen LogP contribution in [0.2, 0.25) is 0 Å². The van der Waals surface area contributed by atoms with Crippen molar-refractivity contribution in [3.8, 4) is 0 Å². The SMILES string of the molecule is Fc1ccc(CNc2cc(C3CCOCC3)nc(C3CC3)n2)cc1. The molecule has 126 valence electrons. The van der Waals surface area contributed by atoms with Crippen molar-refractivity contribution >= 4 is 5.82 Å². The summed E-state index contributed by atoms with van der Waals surface area (Å²) in [5.74, 6) is 2.62. The van der Waals surface area contributed by atoms with Gasteiger partial charge in [0.05, 0.1) is 0 Å². The molecule has 2 fully saturated rings. The van der Waals surface area contributed by atoms with Crippen LogP contribution in [-0.4, -0.2) is 23.2 Å². The van der Waals surface area contributed by atoms with Gasteiger partial charge in [0.2, 0.25) is 0 Å². The zero-order chi connectivity index (χ0) is 16.4. The molecular weight excluding hydrogens is 305 g/mol. The maximum absolute atomic E-state index is 13.0. The number of hydrogen-bond acceptors (Lipinski definition) is 4. The lowest BCUT2D eigenvalue weighted by Gasteiger charge is -2.22. The number of rotatable bonds is 5. The zero-order valence-corrected chi connectivity index (χ0v) is 13.7.